The summed E-state index contributed by atoms with van der Waals surface area (Å²) in [6, 6.07) is 5.88. The van der Waals surface area contributed by atoms with Crippen molar-refractivity contribution in [3.8, 4) is 0 Å². The van der Waals surface area contributed by atoms with E-state index in [0.717, 1.165) is 18.0 Å². The number of anilines is 1. The first-order valence-electron chi connectivity index (χ1n) is 6.30. The van der Waals surface area contributed by atoms with E-state index in [9.17, 15) is 4.79 Å². The summed E-state index contributed by atoms with van der Waals surface area (Å²) >= 11 is 5.99. The van der Waals surface area contributed by atoms with Crippen LogP contribution in [0.5, 0.6) is 0 Å². The molecular weight excluding hydrogens is 250 g/mol. The van der Waals surface area contributed by atoms with Crippen molar-refractivity contribution in [1.29, 1.82) is 0 Å². The Labute approximate surface area is 112 Å². The molecule has 1 atom stereocenters. The first kappa shape index (κ1) is 13.2. The van der Waals surface area contributed by atoms with Gasteiger partial charge in [0, 0.05) is 11.7 Å². The third-order valence-corrected chi connectivity index (χ3v) is 3.68. The zero-order valence-corrected chi connectivity index (χ0v) is 11.5. The number of ether oxygens (including phenoxy) is 1. The van der Waals surface area contributed by atoms with E-state index in [-0.39, 0.29) is 0 Å². The second kappa shape index (κ2) is 5.61. The first-order chi connectivity index (χ1) is 8.65. The summed E-state index contributed by atoms with van der Waals surface area (Å²) < 4.78 is 4.71. The molecule has 0 heterocycles. The average molecular weight is 268 g/mol. The Kier molecular flexibility index (Phi) is 4.12. The molecule has 1 saturated carbocycles. The van der Waals surface area contributed by atoms with E-state index in [1.54, 1.807) is 12.1 Å². The molecule has 1 aromatic carbocycles. The molecular formula is C14H18ClNO2. The lowest BCUT2D eigenvalue weighted by Gasteiger charge is -2.18. The van der Waals surface area contributed by atoms with Crippen LogP contribution in [0.4, 0.5) is 5.69 Å². The van der Waals surface area contributed by atoms with Gasteiger partial charge < -0.3 is 10.1 Å². The number of methoxy groups -OCH3 is 1. The zero-order chi connectivity index (χ0) is 13.1. The van der Waals surface area contributed by atoms with Crippen LogP contribution in [0.15, 0.2) is 18.2 Å². The molecule has 3 nitrogen and oxygen atoms in total. The lowest BCUT2D eigenvalue weighted by Crippen LogP contribution is -2.20. The third-order valence-electron chi connectivity index (χ3n) is 3.35. The van der Waals surface area contributed by atoms with E-state index in [1.807, 2.05) is 6.07 Å². The highest BCUT2D eigenvalue weighted by molar-refractivity contribution is 6.33. The molecule has 0 spiro atoms. The number of carbonyl (C=O) groups is 1. The smallest absolute Gasteiger partial charge is 0.339 e. The standard InChI is InChI=1S/C14H18ClNO2/c1-3-13(9-4-5-9)16-10-6-7-12(15)11(8-10)14(17)18-2/h6-9,13,16H,3-5H2,1-2H3. The maximum Gasteiger partial charge on any atom is 0.339 e. The van der Waals surface area contributed by atoms with Crippen molar-refractivity contribution in [2.45, 2.75) is 32.2 Å². The summed E-state index contributed by atoms with van der Waals surface area (Å²) in [5.74, 6) is 0.371. The molecule has 0 radical (unpaired) electrons. The number of halogens is 1. The molecule has 0 saturated heterocycles. The van der Waals surface area contributed by atoms with Gasteiger partial charge in [-0.05, 0) is 43.4 Å². The SMILES string of the molecule is CCC(Nc1ccc(Cl)c(C(=O)OC)c1)C1CC1. The van der Waals surface area contributed by atoms with E-state index in [0.29, 0.717) is 16.6 Å². The highest BCUT2D eigenvalue weighted by Crippen LogP contribution is 2.36. The van der Waals surface area contributed by atoms with Gasteiger partial charge in [0.2, 0.25) is 0 Å². The molecule has 1 aliphatic rings. The maximum absolute atomic E-state index is 11.6. The lowest BCUT2D eigenvalue weighted by atomic mass is 10.1. The molecule has 98 valence electrons. The predicted octanol–water partition coefficient (Wildman–Crippen LogP) is 3.73. The van der Waals surface area contributed by atoms with Gasteiger partial charge in [-0.15, -0.1) is 0 Å². The molecule has 1 aromatic rings. The fourth-order valence-electron chi connectivity index (χ4n) is 2.15. The number of rotatable bonds is 5. The van der Waals surface area contributed by atoms with Crippen LogP contribution < -0.4 is 5.32 Å². The largest absolute Gasteiger partial charge is 0.465 e. The number of nitrogens with one attached hydrogen (secondary N) is 1. The Bertz CT molecular complexity index is 443. The van der Waals surface area contributed by atoms with E-state index in [1.165, 1.54) is 20.0 Å². The van der Waals surface area contributed by atoms with E-state index >= 15 is 0 Å². The molecule has 4 heteroatoms. The van der Waals surface area contributed by atoms with Crippen molar-refractivity contribution in [3.63, 3.8) is 0 Å². The number of carbonyl (C=O) groups excluding carboxylic acids is 1. The molecule has 0 aromatic heterocycles. The van der Waals surface area contributed by atoms with Crippen LogP contribution in [-0.4, -0.2) is 19.1 Å². The summed E-state index contributed by atoms with van der Waals surface area (Å²) in [6.45, 7) is 2.17. The van der Waals surface area contributed by atoms with Crippen molar-refractivity contribution >= 4 is 23.3 Å². The summed E-state index contributed by atoms with van der Waals surface area (Å²) in [5, 5.41) is 3.89. The Morgan fingerprint density at radius 2 is 2.28 bits per heavy atom. The Balaban J connectivity index is 2.15. The summed E-state index contributed by atoms with van der Waals surface area (Å²) in [4.78, 5) is 11.6. The van der Waals surface area contributed by atoms with E-state index in [4.69, 9.17) is 16.3 Å². The molecule has 1 fully saturated rings. The highest BCUT2D eigenvalue weighted by atomic mass is 35.5. The Hall–Kier alpha value is -1.22. The van der Waals surface area contributed by atoms with Gasteiger partial charge in [0.15, 0.2) is 0 Å². The fraction of sp³-hybridized carbons (Fsp3) is 0.500. The summed E-state index contributed by atoms with van der Waals surface area (Å²) in [5.41, 5.74) is 1.34. The molecule has 1 aliphatic carbocycles. The van der Waals surface area contributed by atoms with Crippen molar-refractivity contribution < 1.29 is 9.53 Å². The molecule has 18 heavy (non-hydrogen) atoms. The predicted molar refractivity (Wildman–Crippen MR) is 73.2 cm³/mol. The Morgan fingerprint density at radius 3 is 2.83 bits per heavy atom. The molecule has 1 unspecified atom stereocenters. The number of hydrogen-bond donors (Lipinski definition) is 1. The van der Waals surface area contributed by atoms with Crippen molar-refractivity contribution in [2.75, 3.05) is 12.4 Å². The van der Waals surface area contributed by atoms with Gasteiger partial charge in [0.1, 0.15) is 0 Å². The quantitative estimate of drug-likeness (QED) is 0.826. The van der Waals surface area contributed by atoms with Gasteiger partial charge in [-0.3, -0.25) is 0 Å². The summed E-state index contributed by atoms with van der Waals surface area (Å²) in [6.07, 6.45) is 3.67. The van der Waals surface area contributed by atoms with Gasteiger partial charge in [-0.2, -0.15) is 0 Å². The maximum atomic E-state index is 11.6. The van der Waals surface area contributed by atoms with Gasteiger partial charge >= 0.3 is 5.97 Å². The number of hydrogen-bond acceptors (Lipinski definition) is 3. The van der Waals surface area contributed by atoms with Crippen LogP contribution in [0, 0.1) is 5.92 Å². The topological polar surface area (TPSA) is 38.3 Å². The zero-order valence-electron chi connectivity index (χ0n) is 10.7. The Morgan fingerprint density at radius 1 is 1.56 bits per heavy atom. The van der Waals surface area contributed by atoms with Gasteiger partial charge in [-0.25, -0.2) is 4.79 Å². The average Bonchev–Trinajstić information content (AvgIpc) is 3.21. The second-order valence-electron chi connectivity index (χ2n) is 4.68. The highest BCUT2D eigenvalue weighted by Gasteiger charge is 2.29. The van der Waals surface area contributed by atoms with Crippen LogP contribution in [0.1, 0.15) is 36.5 Å². The first-order valence-corrected chi connectivity index (χ1v) is 6.68. The minimum absolute atomic E-state index is 0.400. The summed E-state index contributed by atoms with van der Waals surface area (Å²) in [7, 11) is 1.36. The van der Waals surface area contributed by atoms with Crippen LogP contribution in [-0.2, 0) is 4.74 Å². The minimum Gasteiger partial charge on any atom is -0.465 e. The molecule has 1 N–H and O–H groups in total. The van der Waals surface area contributed by atoms with Gasteiger partial charge in [0.25, 0.3) is 0 Å². The van der Waals surface area contributed by atoms with Gasteiger partial charge in [-0.1, -0.05) is 18.5 Å². The van der Waals surface area contributed by atoms with Crippen LogP contribution in [0.2, 0.25) is 5.02 Å². The lowest BCUT2D eigenvalue weighted by molar-refractivity contribution is 0.0601. The van der Waals surface area contributed by atoms with E-state index < -0.39 is 5.97 Å². The van der Waals surface area contributed by atoms with Crippen LogP contribution in [0.25, 0.3) is 0 Å². The van der Waals surface area contributed by atoms with Crippen molar-refractivity contribution in [3.05, 3.63) is 28.8 Å². The number of benzene rings is 1. The van der Waals surface area contributed by atoms with Crippen LogP contribution in [0.3, 0.4) is 0 Å². The van der Waals surface area contributed by atoms with Crippen molar-refractivity contribution in [2.24, 2.45) is 5.92 Å². The van der Waals surface area contributed by atoms with E-state index in [2.05, 4.69) is 12.2 Å². The minimum atomic E-state index is -0.400. The fourth-order valence-corrected chi connectivity index (χ4v) is 2.34. The molecule has 2 rings (SSSR count). The van der Waals surface area contributed by atoms with Crippen LogP contribution >= 0.6 is 11.6 Å². The second-order valence-corrected chi connectivity index (χ2v) is 5.09. The van der Waals surface area contributed by atoms with Crippen molar-refractivity contribution in [1.82, 2.24) is 0 Å². The third kappa shape index (κ3) is 2.96. The number of esters is 1. The molecule has 0 amide bonds. The normalized spacial score (nSPS) is 16.2. The molecule has 0 bridgehead atoms. The molecule has 0 aliphatic heterocycles. The monoisotopic (exact) mass is 267 g/mol. The van der Waals surface area contributed by atoms with Gasteiger partial charge in [0.05, 0.1) is 17.7 Å².